The molecule has 1 amide bonds. The number of benzene rings is 1. The number of carbonyl (C=O) groups is 1. The maximum absolute atomic E-state index is 12.5. The van der Waals surface area contributed by atoms with E-state index in [0.717, 1.165) is 29.2 Å². The topological polar surface area (TPSA) is 59.3 Å². The minimum atomic E-state index is -0.201. The number of aryl methyl sites for hydroxylation is 1. The lowest BCUT2D eigenvalue weighted by atomic mass is 10.1. The number of para-hydroxylation sites is 1. The van der Waals surface area contributed by atoms with Gasteiger partial charge in [0, 0.05) is 11.4 Å². The maximum atomic E-state index is 12.5. The van der Waals surface area contributed by atoms with Gasteiger partial charge in [-0.2, -0.15) is 0 Å². The van der Waals surface area contributed by atoms with Crippen molar-refractivity contribution in [3.63, 3.8) is 0 Å². The van der Waals surface area contributed by atoms with Gasteiger partial charge < -0.3 is 5.32 Å². The van der Waals surface area contributed by atoms with Gasteiger partial charge >= 0.3 is 0 Å². The largest absolute Gasteiger partial charge is 0.352 e. The van der Waals surface area contributed by atoms with Crippen LogP contribution in [0.25, 0.3) is 16.6 Å². The lowest BCUT2D eigenvalue weighted by Gasteiger charge is -2.16. The molecule has 3 aromatic rings. The minimum Gasteiger partial charge on any atom is -0.352 e. The number of nitrogens with one attached hydrogen (secondary N) is 1. The standard InChI is InChI=1S/C19H22N4OS/c1-12-11-17-21-22-19(23(17)16-10-6-5-9-15(12)16)25-13(2)18(24)20-14-7-3-4-8-14/h5-6,9-11,13-14H,3-4,7-8H2,1-2H3,(H,20,24). The normalized spacial score (nSPS) is 16.6. The Morgan fingerprint density at radius 2 is 2.04 bits per heavy atom. The smallest absolute Gasteiger partial charge is 0.233 e. The van der Waals surface area contributed by atoms with E-state index in [1.54, 1.807) is 0 Å². The van der Waals surface area contributed by atoms with Crippen LogP contribution < -0.4 is 5.32 Å². The Morgan fingerprint density at radius 3 is 2.84 bits per heavy atom. The third-order valence-corrected chi connectivity index (χ3v) is 5.97. The summed E-state index contributed by atoms with van der Waals surface area (Å²) in [6, 6.07) is 10.6. The van der Waals surface area contributed by atoms with E-state index < -0.39 is 0 Å². The molecule has 0 saturated heterocycles. The van der Waals surface area contributed by atoms with Crippen molar-refractivity contribution >= 4 is 34.2 Å². The molecule has 1 fully saturated rings. The molecule has 1 aromatic carbocycles. The van der Waals surface area contributed by atoms with Crippen molar-refractivity contribution in [1.29, 1.82) is 0 Å². The zero-order chi connectivity index (χ0) is 17.4. The summed E-state index contributed by atoms with van der Waals surface area (Å²) in [7, 11) is 0. The summed E-state index contributed by atoms with van der Waals surface area (Å²) in [6.45, 7) is 4.02. The highest BCUT2D eigenvalue weighted by Crippen LogP contribution is 2.28. The first kappa shape index (κ1) is 16.4. The molecule has 5 nitrogen and oxygen atoms in total. The van der Waals surface area contributed by atoms with Crippen LogP contribution in [0.15, 0.2) is 35.5 Å². The number of nitrogens with zero attached hydrogens (tertiary/aromatic N) is 3. The van der Waals surface area contributed by atoms with Crippen molar-refractivity contribution in [2.75, 3.05) is 0 Å². The molecular formula is C19H22N4OS. The molecule has 0 spiro atoms. The Hall–Kier alpha value is -2.08. The number of fused-ring (bicyclic) bond motifs is 3. The summed E-state index contributed by atoms with van der Waals surface area (Å²) in [4.78, 5) is 12.5. The second kappa shape index (κ2) is 6.67. The quantitative estimate of drug-likeness (QED) is 0.725. The number of carbonyl (C=O) groups excluding carboxylic acids is 1. The van der Waals surface area contributed by atoms with Crippen molar-refractivity contribution in [3.05, 3.63) is 35.9 Å². The Labute approximate surface area is 151 Å². The summed E-state index contributed by atoms with van der Waals surface area (Å²) >= 11 is 1.47. The molecule has 2 heterocycles. The summed E-state index contributed by atoms with van der Waals surface area (Å²) < 4.78 is 2.05. The van der Waals surface area contributed by atoms with Gasteiger partial charge in [0.05, 0.1) is 10.8 Å². The Morgan fingerprint density at radius 1 is 1.28 bits per heavy atom. The SMILES string of the molecule is Cc1cc2nnc(SC(C)C(=O)NC3CCCC3)n2c2ccccc12. The third kappa shape index (κ3) is 3.11. The first-order valence-corrected chi connectivity index (χ1v) is 9.72. The Kier molecular flexibility index (Phi) is 4.37. The highest BCUT2D eigenvalue weighted by Gasteiger charge is 2.23. The van der Waals surface area contributed by atoms with Gasteiger partial charge in [-0.25, -0.2) is 0 Å². The number of amides is 1. The highest BCUT2D eigenvalue weighted by molar-refractivity contribution is 8.00. The molecule has 1 unspecified atom stereocenters. The van der Waals surface area contributed by atoms with Crippen LogP contribution in [0.3, 0.4) is 0 Å². The fraction of sp³-hybridized carbons (Fsp3) is 0.421. The molecule has 1 aliphatic carbocycles. The summed E-state index contributed by atoms with van der Waals surface area (Å²) in [5.74, 6) is 0.0880. The van der Waals surface area contributed by atoms with E-state index in [0.29, 0.717) is 6.04 Å². The molecule has 130 valence electrons. The van der Waals surface area contributed by atoms with E-state index in [-0.39, 0.29) is 11.2 Å². The van der Waals surface area contributed by atoms with Crippen LogP contribution in [0.4, 0.5) is 0 Å². The number of rotatable bonds is 4. The molecule has 1 saturated carbocycles. The molecule has 1 aliphatic rings. The first-order valence-electron chi connectivity index (χ1n) is 8.84. The van der Waals surface area contributed by atoms with E-state index >= 15 is 0 Å². The molecule has 0 aliphatic heterocycles. The number of aromatic nitrogens is 3. The van der Waals surface area contributed by atoms with Gasteiger partial charge in [0.15, 0.2) is 10.8 Å². The highest BCUT2D eigenvalue weighted by atomic mass is 32.2. The van der Waals surface area contributed by atoms with Crippen LogP contribution in [0.1, 0.15) is 38.2 Å². The van der Waals surface area contributed by atoms with E-state index in [1.807, 2.05) is 29.5 Å². The third-order valence-electron chi connectivity index (χ3n) is 4.93. The van der Waals surface area contributed by atoms with Crippen LogP contribution in [0, 0.1) is 6.92 Å². The number of hydrogen-bond acceptors (Lipinski definition) is 4. The average molecular weight is 354 g/mol. The zero-order valence-electron chi connectivity index (χ0n) is 14.5. The lowest BCUT2D eigenvalue weighted by Crippen LogP contribution is -2.37. The lowest BCUT2D eigenvalue weighted by molar-refractivity contribution is -0.120. The van der Waals surface area contributed by atoms with E-state index in [9.17, 15) is 4.79 Å². The number of hydrogen-bond donors (Lipinski definition) is 1. The fourth-order valence-corrected chi connectivity index (χ4v) is 4.43. The van der Waals surface area contributed by atoms with Gasteiger partial charge in [-0.3, -0.25) is 9.20 Å². The maximum Gasteiger partial charge on any atom is 0.233 e. The first-order chi connectivity index (χ1) is 12.1. The Bertz CT molecular complexity index is 930. The molecule has 0 bridgehead atoms. The molecule has 1 atom stereocenters. The van der Waals surface area contributed by atoms with Gasteiger partial charge in [0.25, 0.3) is 0 Å². The van der Waals surface area contributed by atoms with Crippen molar-refractivity contribution < 1.29 is 4.79 Å². The molecule has 2 aromatic heterocycles. The fourth-order valence-electron chi connectivity index (χ4n) is 3.55. The van der Waals surface area contributed by atoms with Crippen LogP contribution in [0.2, 0.25) is 0 Å². The van der Waals surface area contributed by atoms with Gasteiger partial charge in [0.1, 0.15) is 0 Å². The van der Waals surface area contributed by atoms with Crippen LogP contribution >= 0.6 is 11.8 Å². The van der Waals surface area contributed by atoms with Crippen molar-refractivity contribution in [2.45, 2.75) is 56.0 Å². The van der Waals surface area contributed by atoms with E-state index in [2.05, 4.69) is 34.6 Å². The summed E-state index contributed by atoms with van der Waals surface area (Å²) in [5.41, 5.74) is 3.08. The molecular weight excluding hydrogens is 332 g/mol. The van der Waals surface area contributed by atoms with Gasteiger partial charge in [-0.15, -0.1) is 10.2 Å². The number of pyridine rings is 1. The van der Waals surface area contributed by atoms with Crippen molar-refractivity contribution in [1.82, 2.24) is 19.9 Å². The second-order valence-corrected chi connectivity index (χ2v) is 8.08. The molecule has 25 heavy (non-hydrogen) atoms. The van der Waals surface area contributed by atoms with Gasteiger partial charge in [0.2, 0.25) is 5.91 Å². The zero-order valence-corrected chi connectivity index (χ0v) is 15.3. The molecule has 1 N–H and O–H groups in total. The molecule has 6 heteroatoms. The van der Waals surface area contributed by atoms with Crippen molar-refractivity contribution in [2.24, 2.45) is 0 Å². The molecule has 0 radical (unpaired) electrons. The van der Waals surface area contributed by atoms with Crippen LogP contribution in [-0.2, 0) is 4.79 Å². The summed E-state index contributed by atoms with van der Waals surface area (Å²) in [6.07, 6.45) is 4.63. The van der Waals surface area contributed by atoms with Crippen LogP contribution in [-0.4, -0.2) is 31.8 Å². The van der Waals surface area contributed by atoms with E-state index in [4.69, 9.17) is 0 Å². The van der Waals surface area contributed by atoms with Crippen LogP contribution in [0.5, 0.6) is 0 Å². The van der Waals surface area contributed by atoms with Gasteiger partial charge in [-0.1, -0.05) is 42.8 Å². The Balaban J connectivity index is 1.63. The molecule has 4 rings (SSSR count). The predicted molar refractivity (Wildman–Crippen MR) is 101 cm³/mol. The number of thioether (sulfide) groups is 1. The minimum absolute atomic E-state index is 0.0880. The van der Waals surface area contributed by atoms with Gasteiger partial charge in [-0.05, 0) is 44.4 Å². The second-order valence-electron chi connectivity index (χ2n) is 6.77. The predicted octanol–water partition coefficient (Wildman–Crippen LogP) is 3.73. The van der Waals surface area contributed by atoms with Crippen molar-refractivity contribution in [3.8, 4) is 0 Å². The average Bonchev–Trinajstić information content (AvgIpc) is 3.25. The van der Waals surface area contributed by atoms with E-state index in [1.165, 1.54) is 35.6 Å². The monoisotopic (exact) mass is 354 g/mol. The summed E-state index contributed by atoms with van der Waals surface area (Å²) in [5, 5.41) is 13.6.